The van der Waals surface area contributed by atoms with Crippen LogP contribution in [0, 0.1) is 0 Å². The Bertz CT molecular complexity index is 533. The Morgan fingerprint density at radius 3 is 2.79 bits per heavy atom. The first-order valence-electron chi connectivity index (χ1n) is 6.26. The maximum absolute atomic E-state index is 11.9. The Balaban J connectivity index is 2.11. The number of nitrogens with zero attached hydrogens (tertiary/aromatic N) is 2. The van der Waals surface area contributed by atoms with Crippen molar-refractivity contribution < 1.29 is 9.90 Å². The first-order valence-corrected chi connectivity index (χ1v) is 6.26. The summed E-state index contributed by atoms with van der Waals surface area (Å²) in [5.41, 5.74) is 1.38. The molecule has 0 aliphatic rings. The van der Waals surface area contributed by atoms with E-state index in [1.807, 2.05) is 37.3 Å². The van der Waals surface area contributed by atoms with Gasteiger partial charge in [0, 0.05) is 6.20 Å². The van der Waals surface area contributed by atoms with Gasteiger partial charge in [0.15, 0.2) is 0 Å². The molecule has 0 fully saturated rings. The molecule has 1 aromatic heterocycles. The molecule has 2 N–H and O–H groups in total. The summed E-state index contributed by atoms with van der Waals surface area (Å²) in [5.74, 6) is -0.219. The second kappa shape index (κ2) is 6.15. The zero-order valence-electron chi connectivity index (χ0n) is 10.8. The summed E-state index contributed by atoms with van der Waals surface area (Å²) in [6.07, 6.45) is 3.89. The maximum atomic E-state index is 11.9. The van der Waals surface area contributed by atoms with Gasteiger partial charge in [0.1, 0.15) is 0 Å². The quantitative estimate of drug-likeness (QED) is 0.852. The molecule has 0 unspecified atom stereocenters. The second-order valence-electron chi connectivity index (χ2n) is 4.27. The fourth-order valence-corrected chi connectivity index (χ4v) is 1.71. The molecule has 1 atom stereocenters. The minimum atomic E-state index is -0.219. The average Bonchev–Trinajstić information content (AvgIpc) is 2.95. The molecule has 1 aromatic carbocycles. The minimum absolute atomic E-state index is 0.0605. The van der Waals surface area contributed by atoms with Crippen molar-refractivity contribution in [2.24, 2.45) is 0 Å². The van der Waals surface area contributed by atoms with Gasteiger partial charge in [0.05, 0.1) is 30.1 Å². The second-order valence-corrected chi connectivity index (χ2v) is 4.27. The van der Waals surface area contributed by atoms with E-state index in [9.17, 15) is 4.79 Å². The van der Waals surface area contributed by atoms with Crippen LogP contribution in [0.15, 0.2) is 42.7 Å². The molecular formula is C14H17N3O2. The summed E-state index contributed by atoms with van der Waals surface area (Å²) in [7, 11) is 0. The van der Waals surface area contributed by atoms with Crippen LogP contribution in [-0.2, 0) is 0 Å². The summed E-state index contributed by atoms with van der Waals surface area (Å²) < 4.78 is 1.65. The molecule has 0 spiro atoms. The molecule has 19 heavy (non-hydrogen) atoms. The number of aromatic nitrogens is 2. The van der Waals surface area contributed by atoms with Crippen LogP contribution in [-0.4, -0.2) is 33.4 Å². The van der Waals surface area contributed by atoms with Crippen molar-refractivity contribution >= 4 is 5.91 Å². The van der Waals surface area contributed by atoms with Gasteiger partial charge in [-0.2, -0.15) is 5.10 Å². The van der Waals surface area contributed by atoms with E-state index >= 15 is 0 Å². The van der Waals surface area contributed by atoms with E-state index in [1.54, 1.807) is 10.9 Å². The van der Waals surface area contributed by atoms with E-state index < -0.39 is 0 Å². The molecule has 5 heteroatoms. The van der Waals surface area contributed by atoms with E-state index in [1.165, 1.54) is 6.20 Å². The number of carbonyl (C=O) groups is 1. The highest BCUT2D eigenvalue weighted by Crippen LogP contribution is 2.07. The lowest BCUT2D eigenvalue weighted by Gasteiger charge is -2.12. The fraction of sp³-hybridized carbons (Fsp3) is 0.286. The van der Waals surface area contributed by atoms with Crippen LogP contribution in [0.25, 0.3) is 5.69 Å². The standard InChI is InChI=1S/C14H17N3O2/c1-2-12(10-18)16-14(19)11-8-15-17(9-11)13-6-4-3-5-7-13/h3-9,12,18H,2,10H2,1H3,(H,16,19)/t12-/m0/s1. The third-order valence-corrected chi connectivity index (χ3v) is 2.91. The van der Waals surface area contributed by atoms with Crippen LogP contribution < -0.4 is 5.32 Å². The molecule has 0 saturated carbocycles. The molecule has 2 aromatic rings. The van der Waals surface area contributed by atoms with E-state index in [2.05, 4.69) is 10.4 Å². The summed E-state index contributed by atoms with van der Waals surface area (Å²) in [5, 5.41) is 16.0. The van der Waals surface area contributed by atoms with Gasteiger partial charge in [-0.15, -0.1) is 0 Å². The van der Waals surface area contributed by atoms with Crippen LogP contribution in [0.5, 0.6) is 0 Å². The highest BCUT2D eigenvalue weighted by atomic mass is 16.3. The van der Waals surface area contributed by atoms with Crippen molar-refractivity contribution in [2.45, 2.75) is 19.4 Å². The average molecular weight is 259 g/mol. The van der Waals surface area contributed by atoms with Gasteiger partial charge in [-0.05, 0) is 18.6 Å². The van der Waals surface area contributed by atoms with Crippen molar-refractivity contribution in [3.63, 3.8) is 0 Å². The third kappa shape index (κ3) is 3.20. The number of benzene rings is 1. The lowest BCUT2D eigenvalue weighted by molar-refractivity contribution is 0.0915. The van der Waals surface area contributed by atoms with E-state index in [4.69, 9.17) is 5.11 Å². The highest BCUT2D eigenvalue weighted by molar-refractivity contribution is 5.94. The molecule has 1 heterocycles. The number of rotatable bonds is 5. The SMILES string of the molecule is CC[C@@H](CO)NC(=O)c1cnn(-c2ccccc2)c1. The Morgan fingerprint density at radius 2 is 2.16 bits per heavy atom. The van der Waals surface area contributed by atoms with E-state index in [-0.39, 0.29) is 18.6 Å². The number of aliphatic hydroxyl groups excluding tert-OH is 1. The van der Waals surface area contributed by atoms with Gasteiger partial charge in [-0.1, -0.05) is 25.1 Å². The Kier molecular flexibility index (Phi) is 4.30. The van der Waals surface area contributed by atoms with Crippen molar-refractivity contribution in [1.82, 2.24) is 15.1 Å². The zero-order chi connectivity index (χ0) is 13.7. The summed E-state index contributed by atoms with van der Waals surface area (Å²) >= 11 is 0. The van der Waals surface area contributed by atoms with Crippen LogP contribution in [0.1, 0.15) is 23.7 Å². The van der Waals surface area contributed by atoms with Gasteiger partial charge in [-0.25, -0.2) is 4.68 Å². The first kappa shape index (κ1) is 13.3. The normalized spacial score (nSPS) is 12.1. The number of para-hydroxylation sites is 1. The number of nitrogens with one attached hydrogen (secondary N) is 1. The van der Waals surface area contributed by atoms with Crippen LogP contribution in [0.2, 0.25) is 0 Å². The molecule has 0 radical (unpaired) electrons. The van der Waals surface area contributed by atoms with E-state index in [0.717, 1.165) is 5.69 Å². The topological polar surface area (TPSA) is 67.2 Å². The van der Waals surface area contributed by atoms with Crippen molar-refractivity contribution in [3.8, 4) is 5.69 Å². The van der Waals surface area contributed by atoms with Crippen LogP contribution in [0.3, 0.4) is 0 Å². The highest BCUT2D eigenvalue weighted by Gasteiger charge is 2.13. The summed E-state index contributed by atoms with van der Waals surface area (Å²) in [4.78, 5) is 11.9. The largest absolute Gasteiger partial charge is 0.394 e. The number of hydrogen-bond donors (Lipinski definition) is 2. The Hall–Kier alpha value is -2.14. The predicted octanol–water partition coefficient (Wildman–Crippen LogP) is 1.37. The van der Waals surface area contributed by atoms with E-state index in [0.29, 0.717) is 12.0 Å². The third-order valence-electron chi connectivity index (χ3n) is 2.91. The fourth-order valence-electron chi connectivity index (χ4n) is 1.71. The van der Waals surface area contributed by atoms with Gasteiger partial charge in [0.25, 0.3) is 5.91 Å². The molecule has 1 amide bonds. The molecule has 5 nitrogen and oxygen atoms in total. The molecule has 0 saturated heterocycles. The molecule has 2 rings (SSSR count). The van der Waals surface area contributed by atoms with Crippen molar-refractivity contribution in [2.75, 3.05) is 6.61 Å². The molecule has 0 aliphatic heterocycles. The molecule has 0 aliphatic carbocycles. The Labute approximate surface area is 111 Å². The lowest BCUT2D eigenvalue weighted by atomic mass is 10.2. The van der Waals surface area contributed by atoms with Gasteiger partial charge >= 0.3 is 0 Å². The van der Waals surface area contributed by atoms with Crippen LogP contribution in [0.4, 0.5) is 0 Å². The number of amides is 1. The molecule has 0 bridgehead atoms. The summed E-state index contributed by atoms with van der Waals surface area (Å²) in [6.45, 7) is 1.85. The van der Waals surface area contributed by atoms with Crippen molar-refractivity contribution in [3.05, 3.63) is 48.3 Å². The number of aliphatic hydroxyl groups is 1. The zero-order valence-corrected chi connectivity index (χ0v) is 10.8. The maximum Gasteiger partial charge on any atom is 0.254 e. The molecular weight excluding hydrogens is 242 g/mol. The minimum Gasteiger partial charge on any atom is -0.394 e. The summed E-state index contributed by atoms with van der Waals surface area (Å²) in [6, 6.07) is 9.36. The van der Waals surface area contributed by atoms with Crippen LogP contribution >= 0.6 is 0 Å². The lowest BCUT2D eigenvalue weighted by Crippen LogP contribution is -2.36. The smallest absolute Gasteiger partial charge is 0.254 e. The van der Waals surface area contributed by atoms with Crippen molar-refractivity contribution in [1.29, 1.82) is 0 Å². The number of carbonyl (C=O) groups excluding carboxylic acids is 1. The number of hydrogen-bond acceptors (Lipinski definition) is 3. The molecule has 100 valence electrons. The monoisotopic (exact) mass is 259 g/mol. The van der Waals surface area contributed by atoms with Gasteiger partial charge < -0.3 is 10.4 Å². The Morgan fingerprint density at radius 1 is 1.42 bits per heavy atom. The first-order chi connectivity index (χ1) is 9.24. The van der Waals surface area contributed by atoms with Gasteiger partial charge in [-0.3, -0.25) is 4.79 Å². The predicted molar refractivity (Wildman–Crippen MR) is 72.2 cm³/mol. The van der Waals surface area contributed by atoms with Gasteiger partial charge in [0.2, 0.25) is 0 Å².